The maximum Gasteiger partial charge on any atom is 0.227 e. The van der Waals surface area contributed by atoms with E-state index in [4.69, 9.17) is 5.10 Å². The van der Waals surface area contributed by atoms with Crippen LogP contribution in [0.3, 0.4) is 0 Å². The summed E-state index contributed by atoms with van der Waals surface area (Å²) in [5.41, 5.74) is 4.87. The van der Waals surface area contributed by atoms with Crippen molar-refractivity contribution in [3.8, 4) is 0 Å². The van der Waals surface area contributed by atoms with E-state index in [1.165, 1.54) is 5.69 Å². The van der Waals surface area contributed by atoms with E-state index < -0.39 is 0 Å². The molecule has 7 nitrogen and oxygen atoms in total. The number of amides is 2. The Balaban J connectivity index is 1.51. The lowest BCUT2D eigenvalue weighted by Crippen LogP contribution is -2.26. The first-order chi connectivity index (χ1) is 13.2. The molecule has 3 aliphatic rings. The van der Waals surface area contributed by atoms with Crippen molar-refractivity contribution in [3.63, 3.8) is 0 Å². The van der Waals surface area contributed by atoms with Crippen molar-refractivity contribution in [1.29, 1.82) is 0 Å². The molecule has 1 unspecified atom stereocenters. The van der Waals surface area contributed by atoms with Gasteiger partial charge in [-0.25, -0.2) is 0 Å². The monoisotopic (exact) mass is 365 g/mol. The highest BCUT2D eigenvalue weighted by molar-refractivity contribution is 5.99. The van der Waals surface area contributed by atoms with Crippen molar-refractivity contribution in [2.45, 2.75) is 44.7 Å². The molecule has 4 heterocycles. The summed E-state index contributed by atoms with van der Waals surface area (Å²) in [4.78, 5) is 26.2. The second-order valence-corrected chi connectivity index (χ2v) is 7.54. The Hall–Kier alpha value is -2.67. The van der Waals surface area contributed by atoms with Gasteiger partial charge in [-0.2, -0.15) is 5.10 Å². The molecule has 2 aromatic rings. The number of carbonyl (C=O) groups is 2. The van der Waals surface area contributed by atoms with E-state index in [-0.39, 0.29) is 17.7 Å². The predicted octanol–water partition coefficient (Wildman–Crippen LogP) is 1.98. The van der Waals surface area contributed by atoms with E-state index in [9.17, 15) is 9.59 Å². The Labute approximate surface area is 157 Å². The van der Waals surface area contributed by atoms with Crippen LogP contribution in [0.4, 0.5) is 11.4 Å². The fraction of sp³-hybridized carbons (Fsp3) is 0.450. The van der Waals surface area contributed by atoms with Gasteiger partial charge in [0.25, 0.3) is 0 Å². The van der Waals surface area contributed by atoms with Crippen LogP contribution in [0.5, 0.6) is 0 Å². The second-order valence-electron chi connectivity index (χ2n) is 7.54. The Morgan fingerprint density at radius 2 is 2.04 bits per heavy atom. The smallest absolute Gasteiger partial charge is 0.227 e. The first-order valence-corrected chi connectivity index (χ1v) is 9.70. The van der Waals surface area contributed by atoms with Gasteiger partial charge in [-0.1, -0.05) is 6.07 Å². The largest absolute Gasteiger partial charge is 0.326 e. The van der Waals surface area contributed by atoms with E-state index in [2.05, 4.69) is 21.4 Å². The number of carbonyl (C=O) groups excluding carboxylic acids is 2. The van der Waals surface area contributed by atoms with Crippen LogP contribution in [0.15, 0.2) is 24.3 Å². The van der Waals surface area contributed by atoms with Crippen LogP contribution in [0, 0.1) is 0 Å². The van der Waals surface area contributed by atoms with Gasteiger partial charge in [0, 0.05) is 49.8 Å². The first kappa shape index (κ1) is 16.5. The molecular weight excluding hydrogens is 342 g/mol. The summed E-state index contributed by atoms with van der Waals surface area (Å²) in [6.07, 6.45) is 2.95. The van der Waals surface area contributed by atoms with Gasteiger partial charge in [0.1, 0.15) is 0 Å². The molecule has 1 saturated heterocycles. The molecule has 0 aliphatic carbocycles. The van der Waals surface area contributed by atoms with E-state index in [1.54, 1.807) is 4.90 Å². The summed E-state index contributed by atoms with van der Waals surface area (Å²) in [6.45, 7) is 3.47. The minimum Gasteiger partial charge on any atom is -0.326 e. The van der Waals surface area contributed by atoms with Gasteiger partial charge in [0.15, 0.2) is 0 Å². The number of benzene rings is 1. The normalized spacial score (nSPS) is 22.2. The van der Waals surface area contributed by atoms with Gasteiger partial charge in [-0.3, -0.25) is 14.3 Å². The lowest BCUT2D eigenvalue weighted by molar-refractivity contribution is -0.117. The van der Waals surface area contributed by atoms with E-state index in [1.807, 2.05) is 18.2 Å². The maximum absolute atomic E-state index is 12.4. The summed E-state index contributed by atoms with van der Waals surface area (Å²) < 4.78 is 2.07. The molecule has 1 fully saturated rings. The van der Waals surface area contributed by atoms with Crippen LogP contribution in [-0.2, 0) is 22.7 Å². The van der Waals surface area contributed by atoms with Crippen molar-refractivity contribution in [3.05, 3.63) is 41.2 Å². The number of anilines is 2. The number of hydrogen-bond acceptors (Lipinski definition) is 4. The standard InChI is InChI=1S/C20H23N5O2/c26-19-11-16(18-10-14-12-21-6-2-8-25(14)23-18)15-5-4-13(9-17(15)22-19)24-7-1-3-20(24)27/h4-5,9-10,16,21H,1-3,6-8,11-12H2,(H,22,26). The molecule has 27 heavy (non-hydrogen) atoms. The van der Waals surface area contributed by atoms with Crippen molar-refractivity contribution >= 4 is 23.2 Å². The van der Waals surface area contributed by atoms with Gasteiger partial charge < -0.3 is 15.5 Å². The van der Waals surface area contributed by atoms with Crippen molar-refractivity contribution in [2.24, 2.45) is 0 Å². The van der Waals surface area contributed by atoms with Gasteiger partial charge in [0.05, 0.1) is 11.4 Å². The quantitative estimate of drug-likeness (QED) is 0.853. The summed E-state index contributed by atoms with van der Waals surface area (Å²) >= 11 is 0. The number of aromatic nitrogens is 2. The lowest BCUT2D eigenvalue weighted by Gasteiger charge is -2.26. The van der Waals surface area contributed by atoms with Crippen molar-refractivity contribution in [2.75, 3.05) is 23.3 Å². The number of hydrogen-bond donors (Lipinski definition) is 2. The molecule has 0 bridgehead atoms. The van der Waals surface area contributed by atoms with Crippen molar-refractivity contribution < 1.29 is 9.59 Å². The summed E-state index contributed by atoms with van der Waals surface area (Å²) in [5.74, 6) is 0.106. The number of fused-ring (bicyclic) bond motifs is 2. The van der Waals surface area contributed by atoms with Gasteiger partial charge in [-0.05, 0) is 43.1 Å². The van der Waals surface area contributed by atoms with Gasteiger partial charge >= 0.3 is 0 Å². The Kier molecular flexibility index (Phi) is 3.97. The average molecular weight is 365 g/mol. The third-order valence-corrected chi connectivity index (χ3v) is 5.73. The van der Waals surface area contributed by atoms with Crippen LogP contribution in [0.1, 0.15) is 48.6 Å². The maximum atomic E-state index is 12.4. The molecule has 0 radical (unpaired) electrons. The molecule has 1 atom stereocenters. The highest BCUT2D eigenvalue weighted by Crippen LogP contribution is 2.39. The SMILES string of the molecule is O=C1CC(c2cc3n(n2)CCCNC3)c2ccc(N3CCCC3=O)cc2N1. The fourth-order valence-electron chi connectivity index (χ4n) is 4.36. The first-order valence-electron chi connectivity index (χ1n) is 9.70. The molecule has 2 amide bonds. The molecule has 1 aromatic carbocycles. The van der Waals surface area contributed by atoms with Crippen molar-refractivity contribution in [1.82, 2.24) is 15.1 Å². The minimum absolute atomic E-state index is 0.00119. The number of nitrogens with one attached hydrogen (secondary N) is 2. The molecule has 2 N–H and O–H groups in total. The second kappa shape index (κ2) is 6.49. The third kappa shape index (κ3) is 2.92. The third-order valence-electron chi connectivity index (χ3n) is 5.73. The predicted molar refractivity (Wildman–Crippen MR) is 102 cm³/mol. The zero-order chi connectivity index (χ0) is 18.4. The summed E-state index contributed by atoms with van der Waals surface area (Å²) in [5, 5.41) is 11.2. The number of nitrogens with zero attached hydrogens (tertiary/aromatic N) is 3. The highest BCUT2D eigenvalue weighted by Gasteiger charge is 2.31. The van der Waals surface area contributed by atoms with Gasteiger partial charge in [0.2, 0.25) is 11.8 Å². The molecule has 1 aromatic heterocycles. The topological polar surface area (TPSA) is 79.3 Å². The van der Waals surface area contributed by atoms with E-state index >= 15 is 0 Å². The summed E-state index contributed by atoms with van der Waals surface area (Å²) in [6, 6.07) is 8.10. The number of rotatable bonds is 2. The Morgan fingerprint density at radius 1 is 1.11 bits per heavy atom. The zero-order valence-corrected chi connectivity index (χ0v) is 15.2. The molecule has 0 saturated carbocycles. The van der Waals surface area contributed by atoms with E-state index in [0.717, 1.165) is 61.7 Å². The zero-order valence-electron chi connectivity index (χ0n) is 15.2. The minimum atomic E-state index is -0.0449. The van der Waals surface area contributed by atoms with Crippen LogP contribution in [0.25, 0.3) is 0 Å². The molecule has 140 valence electrons. The average Bonchev–Trinajstić information content (AvgIpc) is 3.20. The molecule has 7 heteroatoms. The Morgan fingerprint density at radius 3 is 2.89 bits per heavy atom. The highest BCUT2D eigenvalue weighted by atomic mass is 16.2. The fourth-order valence-corrected chi connectivity index (χ4v) is 4.36. The number of aryl methyl sites for hydroxylation is 1. The van der Waals surface area contributed by atoms with Crippen LogP contribution in [0.2, 0.25) is 0 Å². The molecule has 3 aliphatic heterocycles. The van der Waals surface area contributed by atoms with Gasteiger partial charge in [-0.15, -0.1) is 0 Å². The molecule has 0 spiro atoms. The summed E-state index contributed by atoms with van der Waals surface area (Å²) in [7, 11) is 0. The van der Waals surface area contributed by atoms with Crippen LogP contribution < -0.4 is 15.5 Å². The van der Waals surface area contributed by atoms with Crippen LogP contribution in [-0.4, -0.2) is 34.7 Å². The lowest BCUT2D eigenvalue weighted by atomic mass is 9.87. The molecular formula is C20H23N5O2. The van der Waals surface area contributed by atoms with Crippen LogP contribution >= 0.6 is 0 Å². The van der Waals surface area contributed by atoms with E-state index in [0.29, 0.717) is 12.8 Å². The molecule has 5 rings (SSSR count). The Bertz CT molecular complexity index is 896.